The van der Waals surface area contributed by atoms with E-state index in [-0.39, 0.29) is 11.5 Å². The first kappa shape index (κ1) is 19.6. The Balaban J connectivity index is 1.43. The number of piperazine rings is 1. The van der Waals surface area contributed by atoms with Gasteiger partial charge in [0.15, 0.2) is 0 Å². The second-order valence-electron chi connectivity index (χ2n) is 8.47. The maximum absolute atomic E-state index is 12.9. The summed E-state index contributed by atoms with van der Waals surface area (Å²) in [5.74, 6) is 0.744. The summed E-state index contributed by atoms with van der Waals surface area (Å²) >= 11 is 0. The Kier molecular flexibility index (Phi) is 5.41. The van der Waals surface area contributed by atoms with Gasteiger partial charge in [0.2, 0.25) is 5.91 Å². The number of H-pyrrole nitrogens is 1. The number of nitrogens with zero attached hydrogens (tertiary/aromatic N) is 4. The Bertz CT molecular complexity index is 1090. The van der Waals surface area contributed by atoms with E-state index in [0.29, 0.717) is 29.9 Å². The van der Waals surface area contributed by atoms with E-state index < -0.39 is 0 Å². The number of carbonyl (C=O) groups excluding carboxylic acids is 1. The third kappa shape index (κ3) is 4.05. The lowest BCUT2D eigenvalue weighted by Gasteiger charge is -2.35. The van der Waals surface area contributed by atoms with Crippen LogP contribution in [0.3, 0.4) is 0 Å². The predicted octanol–water partition coefficient (Wildman–Crippen LogP) is 2.38. The molecular weight excluding hydrogens is 366 g/mol. The van der Waals surface area contributed by atoms with Crippen LogP contribution in [0.2, 0.25) is 0 Å². The molecule has 154 valence electrons. The highest BCUT2D eigenvalue weighted by atomic mass is 16.2. The minimum Gasteiger partial charge on any atom is -0.349 e. The van der Waals surface area contributed by atoms with Crippen molar-refractivity contribution in [2.24, 2.45) is 5.92 Å². The average Bonchev–Trinajstić information content (AvgIpc) is 3.06. The summed E-state index contributed by atoms with van der Waals surface area (Å²) in [7, 11) is 0. The maximum Gasteiger partial charge on any atom is 0.277 e. The highest BCUT2D eigenvalue weighted by molar-refractivity contribution is 6.04. The van der Waals surface area contributed by atoms with Gasteiger partial charge in [-0.2, -0.15) is 0 Å². The largest absolute Gasteiger partial charge is 0.349 e. The van der Waals surface area contributed by atoms with Crippen molar-refractivity contribution in [3.05, 3.63) is 40.4 Å². The number of aromatic nitrogens is 3. The summed E-state index contributed by atoms with van der Waals surface area (Å²) in [6, 6.07) is 6.02. The zero-order valence-corrected chi connectivity index (χ0v) is 17.4. The van der Waals surface area contributed by atoms with Crippen LogP contribution < -0.4 is 5.56 Å². The summed E-state index contributed by atoms with van der Waals surface area (Å²) in [5.41, 5.74) is 3.10. The van der Waals surface area contributed by atoms with Gasteiger partial charge in [0.1, 0.15) is 11.0 Å². The van der Waals surface area contributed by atoms with Gasteiger partial charge in [-0.25, -0.2) is 4.98 Å². The number of fused-ring (bicyclic) bond motifs is 3. The molecule has 1 amide bonds. The monoisotopic (exact) mass is 395 g/mol. The SMILES string of the molecule is Cc1ccc2[nH]c3c(=O)n(CCC(=O)N4CCN(CC(C)C)CC4)cnc3c2c1. The minimum absolute atomic E-state index is 0.105. The van der Waals surface area contributed by atoms with Crippen LogP contribution in [0.1, 0.15) is 25.8 Å². The summed E-state index contributed by atoms with van der Waals surface area (Å²) in [6.45, 7) is 11.3. The molecule has 7 heteroatoms. The smallest absolute Gasteiger partial charge is 0.277 e. The second kappa shape index (κ2) is 7.99. The fourth-order valence-electron chi connectivity index (χ4n) is 4.13. The van der Waals surface area contributed by atoms with Crippen molar-refractivity contribution in [3.8, 4) is 0 Å². The summed E-state index contributed by atoms with van der Waals surface area (Å²) in [4.78, 5) is 37.5. The van der Waals surface area contributed by atoms with Crippen molar-refractivity contribution in [2.75, 3.05) is 32.7 Å². The van der Waals surface area contributed by atoms with Crippen molar-refractivity contribution in [2.45, 2.75) is 33.7 Å². The van der Waals surface area contributed by atoms with Crippen molar-refractivity contribution in [3.63, 3.8) is 0 Å². The standard InChI is InChI=1S/C22H29N5O2/c1-15(2)13-25-8-10-26(11-9-25)19(28)6-7-27-14-23-20-17-12-16(3)4-5-18(17)24-21(20)22(27)29/h4-5,12,14-15,24H,6-11,13H2,1-3H3. The molecule has 3 heterocycles. The fourth-order valence-corrected chi connectivity index (χ4v) is 4.13. The Morgan fingerprint density at radius 2 is 1.97 bits per heavy atom. The van der Waals surface area contributed by atoms with Gasteiger partial charge in [0, 0.05) is 56.6 Å². The molecule has 1 N–H and O–H groups in total. The molecule has 0 spiro atoms. The molecule has 1 aliphatic heterocycles. The first-order valence-electron chi connectivity index (χ1n) is 10.4. The number of hydrogen-bond donors (Lipinski definition) is 1. The van der Waals surface area contributed by atoms with E-state index in [4.69, 9.17) is 0 Å². The Labute approximate surface area is 170 Å². The zero-order chi connectivity index (χ0) is 20.5. The molecule has 0 aliphatic carbocycles. The van der Waals surface area contributed by atoms with E-state index in [1.165, 1.54) is 4.57 Å². The minimum atomic E-state index is -0.126. The molecule has 0 radical (unpaired) electrons. The van der Waals surface area contributed by atoms with E-state index in [9.17, 15) is 9.59 Å². The Hall–Kier alpha value is -2.67. The molecule has 0 bridgehead atoms. The van der Waals surface area contributed by atoms with Crippen molar-refractivity contribution < 1.29 is 4.79 Å². The molecule has 0 saturated carbocycles. The van der Waals surface area contributed by atoms with Crippen LogP contribution in [-0.2, 0) is 11.3 Å². The van der Waals surface area contributed by atoms with Crippen LogP contribution in [0.25, 0.3) is 21.9 Å². The van der Waals surface area contributed by atoms with Gasteiger partial charge in [-0.15, -0.1) is 0 Å². The molecule has 2 aromatic heterocycles. The van der Waals surface area contributed by atoms with Crippen LogP contribution in [0, 0.1) is 12.8 Å². The number of rotatable bonds is 5. The first-order chi connectivity index (χ1) is 13.9. The van der Waals surface area contributed by atoms with Crippen molar-refractivity contribution in [1.29, 1.82) is 0 Å². The van der Waals surface area contributed by atoms with Crippen molar-refractivity contribution >= 4 is 27.8 Å². The van der Waals surface area contributed by atoms with Gasteiger partial charge in [-0.05, 0) is 25.0 Å². The summed E-state index contributed by atoms with van der Waals surface area (Å²) in [5, 5.41) is 0.958. The zero-order valence-electron chi connectivity index (χ0n) is 17.4. The highest BCUT2D eigenvalue weighted by Crippen LogP contribution is 2.22. The molecule has 1 fully saturated rings. The van der Waals surface area contributed by atoms with E-state index in [2.05, 4.69) is 28.7 Å². The van der Waals surface area contributed by atoms with E-state index >= 15 is 0 Å². The van der Waals surface area contributed by atoms with Gasteiger partial charge in [-0.3, -0.25) is 19.1 Å². The number of aromatic amines is 1. The van der Waals surface area contributed by atoms with Crippen LogP contribution in [0.5, 0.6) is 0 Å². The summed E-state index contributed by atoms with van der Waals surface area (Å²) in [6.07, 6.45) is 1.88. The number of hydrogen-bond acceptors (Lipinski definition) is 4. The third-order valence-electron chi connectivity index (χ3n) is 5.64. The van der Waals surface area contributed by atoms with Gasteiger partial charge < -0.3 is 9.88 Å². The van der Waals surface area contributed by atoms with Crippen LogP contribution in [0.4, 0.5) is 0 Å². The second-order valence-corrected chi connectivity index (χ2v) is 8.47. The van der Waals surface area contributed by atoms with E-state index in [1.807, 2.05) is 30.0 Å². The number of amides is 1. The molecule has 1 aromatic carbocycles. The molecule has 29 heavy (non-hydrogen) atoms. The molecule has 7 nitrogen and oxygen atoms in total. The Morgan fingerprint density at radius 3 is 2.69 bits per heavy atom. The predicted molar refractivity (Wildman–Crippen MR) is 115 cm³/mol. The lowest BCUT2D eigenvalue weighted by atomic mass is 10.2. The lowest BCUT2D eigenvalue weighted by molar-refractivity contribution is -0.133. The van der Waals surface area contributed by atoms with Gasteiger partial charge in [-0.1, -0.05) is 25.5 Å². The van der Waals surface area contributed by atoms with E-state index in [0.717, 1.165) is 49.2 Å². The molecule has 0 unspecified atom stereocenters. The summed E-state index contributed by atoms with van der Waals surface area (Å²) < 4.78 is 1.54. The lowest BCUT2D eigenvalue weighted by Crippen LogP contribution is -2.49. The highest BCUT2D eigenvalue weighted by Gasteiger charge is 2.21. The molecule has 4 rings (SSSR count). The fraction of sp³-hybridized carbons (Fsp3) is 0.500. The average molecular weight is 396 g/mol. The molecule has 3 aromatic rings. The third-order valence-corrected chi connectivity index (χ3v) is 5.64. The molecular formula is C22H29N5O2. The maximum atomic E-state index is 12.9. The van der Waals surface area contributed by atoms with E-state index in [1.54, 1.807) is 6.33 Å². The van der Waals surface area contributed by atoms with Crippen LogP contribution >= 0.6 is 0 Å². The first-order valence-corrected chi connectivity index (χ1v) is 10.4. The number of benzene rings is 1. The number of carbonyl (C=O) groups is 1. The Morgan fingerprint density at radius 1 is 1.21 bits per heavy atom. The topological polar surface area (TPSA) is 74.2 Å². The quantitative estimate of drug-likeness (QED) is 0.720. The van der Waals surface area contributed by atoms with Crippen LogP contribution in [-0.4, -0.2) is 63.0 Å². The van der Waals surface area contributed by atoms with Crippen molar-refractivity contribution in [1.82, 2.24) is 24.3 Å². The molecule has 0 atom stereocenters. The van der Waals surface area contributed by atoms with Crippen LogP contribution in [0.15, 0.2) is 29.3 Å². The van der Waals surface area contributed by atoms with Gasteiger partial charge in [0.25, 0.3) is 5.56 Å². The van der Waals surface area contributed by atoms with Gasteiger partial charge in [0.05, 0.1) is 6.33 Å². The number of aryl methyl sites for hydroxylation is 2. The number of nitrogens with one attached hydrogen (secondary N) is 1. The molecule has 1 aliphatic rings. The molecule has 1 saturated heterocycles. The van der Waals surface area contributed by atoms with Gasteiger partial charge >= 0.3 is 0 Å². The normalized spacial score (nSPS) is 15.7.